The Morgan fingerprint density at radius 2 is 2.13 bits per heavy atom. The molecule has 2 heterocycles. The van der Waals surface area contributed by atoms with Gasteiger partial charge in [0.25, 0.3) is 0 Å². The van der Waals surface area contributed by atoms with Gasteiger partial charge in [0.15, 0.2) is 0 Å². The van der Waals surface area contributed by atoms with E-state index >= 15 is 0 Å². The molecule has 6 nitrogen and oxygen atoms in total. The highest BCUT2D eigenvalue weighted by Crippen LogP contribution is 2.13. The van der Waals surface area contributed by atoms with Gasteiger partial charge in [-0.25, -0.2) is 4.98 Å². The Bertz CT molecular complexity index is 488. The average Bonchev–Trinajstić information content (AvgIpc) is 2.58. The molecule has 1 aliphatic heterocycles. The monoisotopic (exact) mass is 337 g/mol. The first kappa shape index (κ1) is 18.0. The molecule has 1 fully saturated rings. The number of anilines is 1. The van der Waals surface area contributed by atoms with Crippen molar-refractivity contribution in [3.05, 3.63) is 23.9 Å². The molecule has 2 rings (SSSR count). The zero-order valence-electron chi connectivity index (χ0n) is 14.0. The number of nitrogens with zero attached hydrogens (tertiary/aromatic N) is 3. The number of hydrogen-bond donors (Lipinski definition) is 2. The van der Waals surface area contributed by atoms with Crippen LogP contribution in [0.3, 0.4) is 0 Å². The minimum atomic E-state index is -0.431. The van der Waals surface area contributed by atoms with E-state index < -0.39 is 6.04 Å². The van der Waals surface area contributed by atoms with Gasteiger partial charge in [-0.3, -0.25) is 4.79 Å². The molecule has 0 radical (unpaired) electrons. The zero-order chi connectivity index (χ0) is 16.7. The van der Waals surface area contributed by atoms with Gasteiger partial charge in [0, 0.05) is 38.9 Å². The van der Waals surface area contributed by atoms with Crippen molar-refractivity contribution in [3.63, 3.8) is 0 Å². The third kappa shape index (κ3) is 5.67. The van der Waals surface area contributed by atoms with Crippen molar-refractivity contribution in [1.82, 2.24) is 15.2 Å². The van der Waals surface area contributed by atoms with E-state index in [2.05, 4.69) is 27.1 Å². The standard InChI is InChI=1S/C16H27N5OS/c1-20-6-8-21(9-7-20)15-4-3-13(11-18-15)12-19-16(22)14(17)5-10-23-2/h3-4,11,14H,5-10,12,17H2,1-2H3,(H,19,22)/t14-/m0/s1. The molecule has 1 saturated heterocycles. The Labute approximate surface area is 142 Å². The van der Waals surface area contributed by atoms with Gasteiger partial charge in [0.1, 0.15) is 5.82 Å². The predicted molar refractivity (Wildman–Crippen MR) is 96.8 cm³/mol. The fourth-order valence-corrected chi connectivity index (χ4v) is 2.93. The third-order valence-corrected chi connectivity index (χ3v) is 4.72. The van der Waals surface area contributed by atoms with E-state index in [1.54, 1.807) is 11.8 Å². The molecule has 1 atom stereocenters. The smallest absolute Gasteiger partial charge is 0.237 e. The lowest BCUT2D eigenvalue weighted by atomic mass is 10.2. The summed E-state index contributed by atoms with van der Waals surface area (Å²) in [5.41, 5.74) is 6.84. The van der Waals surface area contributed by atoms with Crippen LogP contribution in [0.4, 0.5) is 5.82 Å². The minimum absolute atomic E-state index is 0.0952. The van der Waals surface area contributed by atoms with Crippen LogP contribution in [0.25, 0.3) is 0 Å². The molecule has 1 aromatic heterocycles. The van der Waals surface area contributed by atoms with Crippen molar-refractivity contribution >= 4 is 23.5 Å². The second-order valence-electron chi connectivity index (χ2n) is 5.92. The molecule has 1 aliphatic rings. The van der Waals surface area contributed by atoms with E-state index in [-0.39, 0.29) is 5.91 Å². The summed E-state index contributed by atoms with van der Waals surface area (Å²) >= 11 is 1.70. The summed E-state index contributed by atoms with van der Waals surface area (Å²) < 4.78 is 0. The van der Waals surface area contributed by atoms with Crippen LogP contribution in [0.1, 0.15) is 12.0 Å². The second-order valence-corrected chi connectivity index (χ2v) is 6.91. The van der Waals surface area contributed by atoms with Crippen LogP contribution in [0.2, 0.25) is 0 Å². The maximum Gasteiger partial charge on any atom is 0.237 e. The first-order valence-electron chi connectivity index (χ1n) is 8.01. The van der Waals surface area contributed by atoms with Crippen molar-refractivity contribution in [3.8, 4) is 0 Å². The fourth-order valence-electron chi connectivity index (χ4n) is 2.44. The molecule has 0 aliphatic carbocycles. The van der Waals surface area contributed by atoms with Crippen LogP contribution in [-0.4, -0.2) is 67.1 Å². The Balaban J connectivity index is 1.79. The van der Waals surface area contributed by atoms with Crippen molar-refractivity contribution in [2.45, 2.75) is 19.0 Å². The largest absolute Gasteiger partial charge is 0.354 e. The SMILES string of the molecule is CSCC[C@H](N)C(=O)NCc1ccc(N2CCN(C)CC2)nc1. The highest BCUT2D eigenvalue weighted by molar-refractivity contribution is 7.98. The molecule has 0 bridgehead atoms. The van der Waals surface area contributed by atoms with E-state index in [4.69, 9.17) is 5.73 Å². The molecule has 0 spiro atoms. The van der Waals surface area contributed by atoms with Crippen LogP contribution >= 0.6 is 11.8 Å². The first-order chi connectivity index (χ1) is 11.1. The number of hydrogen-bond acceptors (Lipinski definition) is 6. The van der Waals surface area contributed by atoms with Crippen LogP contribution in [-0.2, 0) is 11.3 Å². The van der Waals surface area contributed by atoms with E-state index in [1.807, 2.05) is 24.6 Å². The quantitative estimate of drug-likeness (QED) is 0.756. The Morgan fingerprint density at radius 3 is 2.74 bits per heavy atom. The normalized spacial score (nSPS) is 17.1. The molecule has 128 valence electrons. The minimum Gasteiger partial charge on any atom is -0.354 e. The summed E-state index contributed by atoms with van der Waals surface area (Å²) in [4.78, 5) is 21.0. The maximum absolute atomic E-state index is 11.9. The Hall–Kier alpha value is -1.31. The third-order valence-electron chi connectivity index (χ3n) is 4.07. The van der Waals surface area contributed by atoms with Gasteiger partial charge in [-0.1, -0.05) is 6.07 Å². The number of nitrogens with one attached hydrogen (secondary N) is 1. The van der Waals surface area contributed by atoms with Crippen molar-refractivity contribution < 1.29 is 4.79 Å². The van der Waals surface area contributed by atoms with E-state index in [9.17, 15) is 4.79 Å². The predicted octanol–water partition coefficient (Wildman–Crippen LogP) is 0.530. The second kappa shape index (κ2) is 9.10. The number of pyridine rings is 1. The average molecular weight is 337 g/mol. The number of rotatable bonds is 7. The molecule has 1 aromatic rings. The number of carbonyl (C=O) groups is 1. The van der Waals surface area contributed by atoms with Crippen LogP contribution in [0, 0.1) is 0 Å². The Morgan fingerprint density at radius 1 is 1.39 bits per heavy atom. The van der Waals surface area contributed by atoms with E-state index in [1.165, 1.54) is 0 Å². The van der Waals surface area contributed by atoms with Gasteiger partial charge < -0.3 is 20.9 Å². The number of thioether (sulfide) groups is 1. The van der Waals surface area contributed by atoms with Crippen molar-refractivity contribution in [1.29, 1.82) is 0 Å². The lowest BCUT2D eigenvalue weighted by molar-refractivity contribution is -0.122. The van der Waals surface area contributed by atoms with Crippen LogP contribution in [0.5, 0.6) is 0 Å². The number of nitrogens with two attached hydrogens (primary N) is 1. The summed E-state index contributed by atoms with van der Waals surface area (Å²) in [6.45, 7) is 4.61. The highest BCUT2D eigenvalue weighted by atomic mass is 32.2. The van der Waals surface area contributed by atoms with Crippen molar-refractivity contribution in [2.24, 2.45) is 5.73 Å². The van der Waals surface area contributed by atoms with Gasteiger partial charge >= 0.3 is 0 Å². The van der Waals surface area contributed by atoms with Gasteiger partial charge in [0.05, 0.1) is 6.04 Å². The lowest BCUT2D eigenvalue weighted by Crippen LogP contribution is -2.44. The fraction of sp³-hybridized carbons (Fsp3) is 0.625. The molecule has 1 amide bonds. The maximum atomic E-state index is 11.9. The van der Waals surface area contributed by atoms with Gasteiger partial charge in [0.2, 0.25) is 5.91 Å². The summed E-state index contributed by atoms with van der Waals surface area (Å²) in [7, 11) is 2.14. The number of carbonyl (C=O) groups excluding carboxylic acids is 1. The molecule has 7 heteroatoms. The van der Waals surface area contributed by atoms with Gasteiger partial charge in [-0.05, 0) is 37.1 Å². The van der Waals surface area contributed by atoms with Crippen molar-refractivity contribution in [2.75, 3.05) is 50.1 Å². The highest BCUT2D eigenvalue weighted by Gasteiger charge is 2.15. The molecule has 0 unspecified atom stereocenters. The summed E-state index contributed by atoms with van der Waals surface area (Å²) in [6, 6.07) is 3.62. The molecular weight excluding hydrogens is 310 g/mol. The number of likely N-dealkylation sites (N-methyl/N-ethyl adjacent to an activating group) is 1. The van der Waals surface area contributed by atoms with E-state index in [0.29, 0.717) is 13.0 Å². The molecule has 0 saturated carbocycles. The zero-order valence-corrected chi connectivity index (χ0v) is 14.8. The van der Waals surface area contributed by atoms with Crippen LogP contribution in [0.15, 0.2) is 18.3 Å². The van der Waals surface area contributed by atoms with Gasteiger partial charge in [-0.2, -0.15) is 11.8 Å². The summed E-state index contributed by atoms with van der Waals surface area (Å²) in [5.74, 6) is 1.81. The molecule has 0 aromatic carbocycles. The Kier molecular flexibility index (Phi) is 7.14. The first-order valence-corrected chi connectivity index (χ1v) is 9.40. The number of piperazine rings is 1. The van der Waals surface area contributed by atoms with Crippen LogP contribution < -0.4 is 16.0 Å². The van der Waals surface area contributed by atoms with E-state index in [0.717, 1.165) is 43.3 Å². The number of amides is 1. The molecular formula is C16H27N5OS. The topological polar surface area (TPSA) is 74.5 Å². The summed E-state index contributed by atoms with van der Waals surface area (Å²) in [6.07, 6.45) is 4.55. The number of aromatic nitrogens is 1. The lowest BCUT2D eigenvalue weighted by Gasteiger charge is -2.33. The molecule has 23 heavy (non-hydrogen) atoms. The van der Waals surface area contributed by atoms with Gasteiger partial charge in [-0.15, -0.1) is 0 Å². The molecule has 3 N–H and O–H groups in total. The summed E-state index contributed by atoms with van der Waals surface area (Å²) in [5, 5.41) is 2.88.